The van der Waals surface area contributed by atoms with Crippen molar-refractivity contribution in [2.24, 2.45) is 0 Å². The van der Waals surface area contributed by atoms with Crippen LogP contribution in [0.2, 0.25) is 0 Å². The summed E-state index contributed by atoms with van der Waals surface area (Å²) in [6.07, 6.45) is 6.42. The van der Waals surface area contributed by atoms with Crippen molar-refractivity contribution in [3.63, 3.8) is 0 Å². The minimum absolute atomic E-state index is 0.771. The summed E-state index contributed by atoms with van der Waals surface area (Å²) in [6, 6.07) is 3.91. The van der Waals surface area contributed by atoms with E-state index >= 15 is 0 Å². The first kappa shape index (κ1) is 12.9. The van der Waals surface area contributed by atoms with Gasteiger partial charge in [-0.05, 0) is 12.8 Å². The molecule has 0 aliphatic heterocycles. The van der Waals surface area contributed by atoms with Gasteiger partial charge in [-0.25, -0.2) is 0 Å². The van der Waals surface area contributed by atoms with Crippen molar-refractivity contribution >= 4 is 0 Å². The Balaban J connectivity index is 2.01. The summed E-state index contributed by atoms with van der Waals surface area (Å²) in [5.74, 6) is 1.84. The van der Waals surface area contributed by atoms with E-state index in [1.54, 1.807) is 0 Å². The number of nitrogens with zero attached hydrogens (tertiary/aromatic N) is 2. The Morgan fingerprint density at radius 2 is 1.28 bits per heavy atom. The lowest BCUT2D eigenvalue weighted by molar-refractivity contribution is 0.375. The van der Waals surface area contributed by atoms with Crippen LogP contribution in [-0.2, 0) is 12.8 Å². The molecule has 2 aromatic rings. The van der Waals surface area contributed by atoms with Gasteiger partial charge in [-0.1, -0.05) is 37.0 Å². The van der Waals surface area contributed by atoms with Crippen molar-refractivity contribution in [2.45, 2.75) is 52.4 Å². The average Bonchev–Trinajstić information content (AvgIpc) is 3.02. The summed E-state index contributed by atoms with van der Waals surface area (Å²) in [5, 5.41) is 8.07. The van der Waals surface area contributed by atoms with Crippen molar-refractivity contribution in [1.82, 2.24) is 10.3 Å². The van der Waals surface area contributed by atoms with Gasteiger partial charge in [0.1, 0.15) is 22.9 Å². The number of hydrogen-bond acceptors (Lipinski definition) is 4. The van der Waals surface area contributed by atoms with Crippen LogP contribution >= 0.6 is 0 Å². The average molecular weight is 248 g/mol. The van der Waals surface area contributed by atoms with E-state index in [9.17, 15) is 0 Å². The topological polar surface area (TPSA) is 52.1 Å². The van der Waals surface area contributed by atoms with Crippen molar-refractivity contribution in [3.8, 4) is 11.4 Å². The number of aryl methyl sites for hydroxylation is 2. The van der Waals surface area contributed by atoms with Gasteiger partial charge in [0, 0.05) is 25.0 Å². The fourth-order valence-electron chi connectivity index (χ4n) is 1.81. The largest absolute Gasteiger partial charge is 0.361 e. The molecular formula is C14H20N2O2. The molecule has 2 heterocycles. The summed E-state index contributed by atoms with van der Waals surface area (Å²) in [6.45, 7) is 4.32. The van der Waals surface area contributed by atoms with Gasteiger partial charge >= 0.3 is 0 Å². The Bertz CT molecular complexity index is 429. The van der Waals surface area contributed by atoms with Crippen LogP contribution in [0.15, 0.2) is 21.2 Å². The second-order valence-corrected chi connectivity index (χ2v) is 4.56. The highest BCUT2D eigenvalue weighted by molar-refractivity contribution is 5.53. The predicted octanol–water partition coefficient (Wildman–Crippen LogP) is 4.01. The smallest absolute Gasteiger partial charge is 0.137 e. The molecule has 98 valence electrons. The Morgan fingerprint density at radius 1 is 0.833 bits per heavy atom. The molecule has 4 heteroatoms. The van der Waals surface area contributed by atoms with E-state index in [4.69, 9.17) is 9.05 Å². The summed E-state index contributed by atoms with van der Waals surface area (Å²) in [4.78, 5) is 0. The third-order valence-electron chi connectivity index (χ3n) is 2.93. The van der Waals surface area contributed by atoms with Crippen LogP contribution in [0.5, 0.6) is 0 Å². The van der Waals surface area contributed by atoms with E-state index in [-0.39, 0.29) is 0 Å². The lowest BCUT2D eigenvalue weighted by Crippen LogP contribution is -1.79. The van der Waals surface area contributed by atoms with Crippen molar-refractivity contribution in [3.05, 3.63) is 23.7 Å². The standard InChI is InChI=1S/C14H20N2O2/c1-3-5-7-11-9-13(15-17-11)14-10-12(18-16-14)8-6-4-2/h9-10H,3-8H2,1-2H3. The molecule has 0 spiro atoms. The van der Waals surface area contributed by atoms with Crippen LogP contribution in [0, 0.1) is 0 Å². The summed E-state index contributed by atoms with van der Waals surface area (Å²) >= 11 is 0. The quantitative estimate of drug-likeness (QED) is 0.742. The third-order valence-corrected chi connectivity index (χ3v) is 2.93. The highest BCUT2D eigenvalue weighted by atomic mass is 16.5. The zero-order valence-corrected chi connectivity index (χ0v) is 11.1. The first-order chi connectivity index (χ1) is 8.83. The number of hydrogen-bond donors (Lipinski definition) is 0. The summed E-state index contributed by atoms with van der Waals surface area (Å²) in [7, 11) is 0. The molecule has 0 saturated carbocycles. The van der Waals surface area contributed by atoms with Crippen molar-refractivity contribution in [1.29, 1.82) is 0 Å². The molecule has 0 N–H and O–H groups in total. The van der Waals surface area contributed by atoms with Gasteiger partial charge in [-0.15, -0.1) is 0 Å². The fourth-order valence-corrected chi connectivity index (χ4v) is 1.81. The molecule has 4 nitrogen and oxygen atoms in total. The first-order valence-electron chi connectivity index (χ1n) is 6.75. The molecule has 0 aromatic carbocycles. The highest BCUT2D eigenvalue weighted by Crippen LogP contribution is 2.20. The van der Waals surface area contributed by atoms with E-state index in [2.05, 4.69) is 24.2 Å². The van der Waals surface area contributed by atoms with Crippen LogP contribution in [0.25, 0.3) is 11.4 Å². The molecule has 0 amide bonds. The SMILES string of the molecule is CCCCc1cc(-c2cc(CCCC)on2)no1. The second-order valence-electron chi connectivity index (χ2n) is 4.56. The molecule has 0 radical (unpaired) electrons. The molecule has 0 bridgehead atoms. The van der Waals surface area contributed by atoms with Gasteiger partial charge < -0.3 is 9.05 Å². The van der Waals surface area contributed by atoms with E-state index in [1.807, 2.05) is 12.1 Å². The molecule has 0 unspecified atom stereocenters. The Kier molecular flexibility index (Phi) is 4.56. The maximum atomic E-state index is 5.28. The minimum Gasteiger partial charge on any atom is -0.361 e. The molecule has 0 atom stereocenters. The summed E-state index contributed by atoms with van der Waals surface area (Å²) < 4.78 is 10.6. The molecule has 0 saturated heterocycles. The van der Waals surface area contributed by atoms with Crippen LogP contribution < -0.4 is 0 Å². The maximum Gasteiger partial charge on any atom is 0.137 e. The second kappa shape index (κ2) is 6.38. The van der Waals surface area contributed by atoms with Gasteiger partial charge in [-0.2, -0.15) is 0 Å². The van der Waals surface area contributed by atoms with E-state index in [0.717, 1.165) is 61.4 Å². The van der Waals surface area contributed by atoms with E-state index < -0.39 is 0 Å². The van der Waals surface area contributed by atoms with Gasteiger partial charge in [0.25, 0.3) is 0 Å². The van der Waals surface area contributed by atoms with Crippen LogP contribution in [0.4, 0.5) is 0 Å². The zero-order chi connectivity index (χ0) is 12.8. The Labute approximate surface area is 107 Å². The number of unbranched alkanes of at least 4 members (excludes halogenated alkanes) is 2. The first-order valence-corrected chi connectivity index (χ1v) is 6.75. The van der Waals surface area contributed by atoms with Gasteiger partial charge in [0.15, 0.2) is 0 Å². The monoisotopic (exact) mass is 248 g/mol. The van der Waals surface area contributed by atoms with Crippen LogP contribution in [0.3, 0.4) is 0 Å². The van der Waals surface area contributed by atoms with Gasteiger partial charge in [-0.3, -0.25) is 0 Å². The van der Waals surface area contributed by atoms with Crippen molar-refractivity contribution in [2.75, 3.05) is 0 Å². The van der Waals surface area contributed by atoms with Crippen LogP contribution in [0.1, 0.15) is 51.1 Å². The molecule has 18 heavy (non-hydrogen) atoms. The maximum absolute atomic E-state index is 5.28. The Hall–Kier alpha value is -1.58. The zero-order valence-electron chi connectivity index (χ0n) is 11.1. The van der Waals surface area contributed by atoms with Gasteiger partial charge in [0.2, 0.25) is 0 Å². The Morgan fingerprint density at radius 3 is 1.67 bits per heavy atom. The van der Waals surface area contributed by atoms with E-state index in [1.165, 1.54) is 0 Å². The molecule has 2 aromatic heterocycles. The molecular weight excluding hydrogens is 228 g/mol. The van der Waals surface area contributed by atoms with Crippen molar-refractivity contribution < 1.29 is 9.05 Å². The van der Waals surface area contributed by atoms with E-state index in [0.29, 0.717) is 0 Å². The summed E-state index contributed by atoms with van der Waals surface area (Å²) in [5.41, 5.74) is 1.54. The minimum atomic E-state index is 0.771. The normalized spacial score (nSPS) is 11.0. The molecule has 0 fully saturated rings. The van der Waals surface area contributed by atoms with Crippen LogP contribution in [-0.4, -0.2) is 10.3 Å². The van der Waals surface area contributed by atoms with Gasteiger partial charge in [0.05, 0.1) is 0 Å². The predicted molar refractivity (Wildman–Crippen MR) is 69.2 cm³/mol. The number of rotatable bonds is 7. The molecule has 0 aliphatic rings. The fraction of sp³-hybridized carbons (Fsp3) is 0.571. The lowest BCUT2D eigenvalue weighted by atomic mass is 10.2. The highest BCUT2D eigenvalue weighted by Gasteiger charge is 2.11. The third kappa shape index (κ3) is 3.22. The lowest BCUT2D eigenvalue weighted by Gasteiger charge is -1.89. The number of aromatic nitrogens is 2. The molecule has 2 rings (SSSR count). The molecule has 0 aliphatic carbocycles.